The molecular formula is C13H24N2O2. The van der Waals surface area contributed by atoms with E-state index < -0.39 is 0 Å². The second kappa shape index (κ2) is 6.36. The summed E-state index contributed by atoms with van der Waals surface area (Å²) in [6, 6.07) is 0.393. The Morgan fingerprint density at radius 2 is 2.29 bits per heavy atom. The predicted molar refractivity (Wildman–Crippen MR) is 66.6 cm³/mol. The predicted octanol–water partition coefficient (Wildman–Crippen LogP) is 0.749. The van der Waals surface area contributed by atoms with E-state index in [0.29, 0.717) is 24.3 Å². The molecule has 2 fully saturated rings. The minimum absolute atomic E-state index is 0.241. The van der Waals surface area contributed by atoms with E-state index in [1.165, 1.54) is 0 Å². The highest BCUT2D eigenvalue weighted by Crippen LogP contribution is 2.24. The Labute approximate surface area is 103 Å². The Kier molecular flexibility index (Phi) is 4.80. The van der Waals surface area contributed by atoms with Crippen molar-refractivity contribution in [3.63, 3.8) is 0 Å². The van der Waals surface area contributed by atoms with E-state index in [4.69, 9.17) is 5.11 Å². The number of hydrogen-bond acceptors (Lipinski definition) is 3. The third kappa shape index (κ3) is 3.42. The molecule has 2 unspecified atom stereocenters. The fourth-order valence-corrected chi connectivity index (χ4v) is 3.04. The fourth-order valence-electron chi connectivity index (χ4n) is 3.04. The number of likely N-dealkylation sites (tertiary alicyclic amines) is 1. The molecule has 4 nitrogen and oxygen atoms in total. The average Bonchev–Trinajstić information content (AvgIpc) is 2.96. The van der Waals surface area contributed by atoms with Gasteiger partial charge in [-0.3, -0.25) is 4.79 Å². The second-order valence-electron chi connectivity index (χ2n) is 5.31. The molecule has 0 aliphatic carbocycles. The molecule has 0 aromatic heterocycles. The molecule has 2 saturated heterocycles. The summed E-state index contributed by atoms with van der Waals surface area (Å²) in [5.41, 5.74) is 0. The lowest BCUT2D eigenvalue weighted by atomic mass is 10.0. The van der Waals surface area contributed by atoms with Gasteiger partial charge in [0.05, 0.1) is 0 Å². The van der Waals surface area contributed by atoms with Crippen molar-refractivity contribution in [2.24, 2.45) is 5.92 Å². The highest BCUT2D eigenvalue weighted by molar-refractivity contribution is 5.77. The van der Waals surface area contributed by atoms with Crippen LogP contribution in [0.4, 0.5) is 0 Å². The van der Waals surface area contributed by atoms with Gasteiger partial charge >= 0.3 is 0 Å². The molecule has 2 heterocycles. The summed E-state index contributed by atoms with van der Waals surface area (Å²) in [5, 5.41) is 12.2. The van der Waals surface area contributed by atoms with Gasteiger partial charge in [-0.05, 0) is 51.1 Å². The maximum atomic E-state index is 12.2. The molecule has 0 aromatic rings. The molecule has 1 amide bonds. The van der Waals surface area contributed by atoms with E-state index in [1.54, 1.807) is 0 Å². The van der Waals surface area contributed by atoms with Crippen LogP contribution in [0.1, 0.15) is 38.5 Å². The van der Waals surface area contributed by atoms with Gasteiger partial charge in [0.1, 0.15) is 0 Å². The zero-order chi connectivity index (χ0) is 12.1. The van der Waals surface area contributed by atoms with Crippen LogP contribution < -0.4 is 5.32 Å². The van der Waals surface area contributed by atoms with Crippen molar-refractivity contribution in [2.45, 2.75) is 44.6 Å². The first-order valence-corrected chi connectivity index (χ1v) is 6.92. The number of carbonyl (C=O) groups is 1. The van der Waals surface area contributed by atoms with Crippen molar-refractivity contribution in [1.82, 2.24) is 10.2 Å². The highest BCUT2D eigenvalue weighted by atomic mass is 16.3. The van der Waals surface area contributed by atoms with E-state index in [0.717, 1.165) is 51.7 Å². The van der Waals surface area contributed by atoms with Crippen molar-refractivity contribution in [1.29, 1.82) is 0 Å². The van der Waals surface area contributed by atoms with Crippen LogP contribution in [-0.2, 0) is 4.79 Å². The summed E-state index contributed by atoms with van der Waals surface area (Å²) in [6.45, 7) is 3.23. The topological polar surface area (TPSA) is 52.6 Å². The number of aliphatic hydroxyl groups is 1. The number of rotatable bonds is 5. The first-order valence-electron chi connectivity index (χ1n) is 6.92. The van der Waals surface area contributed by atoms with Crippen LogP contribution in [0, 0.1) is 5.92 Å². The first-order chi connectivity index (χ1) is 8.31. The third-order valence-corrected chi connectivity index (χ3v) is 4.02. The molecule has 2 atom stereocenters. The molecule has 4 heteroatoms. The summed E-state index contributed by atoms with van der Waals surface area (Å²) in [5.74, 6) is 0.876. The van der Waals surface area contributed by atoms with Gasteiger partial charge in [0.2, 0.25) is 5.91 Å². The van der Waals surface area contributed by atoms with Gasteiger partial charge in [-0.1, -0.05) is 0 Å². The van der Waals surface area contributed by atoms with Gasteiger partial charge in [-0.25, -0.2) is 0 Å². The molecular weight excluding hydrogens is 216 g/mol. The van der Waals surface area contributed by atoms with E-state index in [-0.39, 0.29) is 6.61 Å². The smallest absolute Gasteiger partial charge is 0.223 e. The van der Waals surface area contributed by atoms with Crippen LogP contribution in [0.5, 0.6) is 0 Å². The van der Waals surface area contributed by atoms with E-state index >= 15 is 0 Å². The van der Waals surface area contributed by atoms with Crippen LogP contribution in [0.25, 0.3) is 0 Å². The second-order valence-corrected chi connectivity index (χ2v) is 5.31. The van der Waals surface area contributed by atoms with Crippen molar-refractivity contribution in [2.75, 3.05) is 26.2 Å². The molecule has 2 aliphatic rings. The minimum atomic E-state index is 0.241. The van der Waals surface area contributed by atoms with E-state index in [2.05, 4.69) is 10.2 Å². The summed E-state index contributed by atoms with van der Waals surface area (Å²) < 4.78 is 0. The largest absolute Gasteiger partial charge is 0.396 e. The van der Waals surface area contributed by atoms with Crippen LogP contribution in [0.3, 0.4) is 0 Å². The van der Waals surface area contributed by atoms with Crippen LogP contribution in [0.15, 0.2) is 0 Å². The zero-order valence-electron chi connectivity index (χ0n) is 10.5. The fraction of sp³-hybridized carbons (Fsp3) is 0.923. The van der Waals surface area contributed by atoms with E-state index in [1.807, 2.05) is 0 Å². The summed E-state index contributed by atoms with van der Waals surface area (Å²) in [7, 11) is 0. The van der Waals surface area contributed by atoms with Crippen LogP contribution in [0.2, 0.25) is 0 Å². The van der Waals surface area contributed by atoms with Gasteiger partial charge < -0.3 is 15.3 Å². The monoisotopic (exact) mass is 240 g/mol. The number of aliphatic hydroxyl groups excluding tert-OH is 1. The van der Waals surface area contributed by atoms with Crippen molar-refractivity contribution < 1.29 is 9.90 Å². The first kappa shape index (κ1) is 12.8. The molecule has 0 radical (unpaired) electrons. The van der Waals surface area contributed by atoms with Gasteiger partial charge in [-0.15, -0.1) is 0 Å². The Hall–Kier alpha value is -0.610. The Bertz CT molecular complexity index is 252. The number of hydrogen-bond donors (Lipinski definition) is 2. The van der Waals surface area contributed by atoms with Crippen LogP contribution >= 0.6 is 0 Å². The lowest BCUT2D eigenvalue weighted by molar-refractivity contribution is -0.133. The maximum Gasteiger partial charge on any atom is 0.223 e. The maximum absolute atomic E-state index is 12.2. The molecule has 0 aromatic carbocycles. The molecule has 2 N–H and O–H groups in total. The number of amides is 1. The van der Waals surface area contributed by atoms with E-state index in [9.17, 15) is 4.79 Å². The Morgan fingerprint density at radius 3 is 3.00 bits per heavy atom. The lowest BCUT2D eigenvalue weighted by Crippen LogP contribution is -2.36. The molecule has 17 heavy (non-hydrogen) atoms. The van der Waals surface area contributed by atoms with Gasteiger partial charge in [0.25, 0.3) is 0 Å². The van der Waals surface area contributed by atoms with Crippen molar-refractivity contribution in [3.05, 3.63) is 0 Å². The van der Waals surface area contributed by atoms with Gasteiger partial charge in [0, 0.05) is 25.6 Å². The normalized spacial score (nSPS) is 28.9. The Morgan fingerprint density at radius 1 is 1.41 bits per heavy atom. The number of nitrogens with zero attached hydrogens (tertiary/aromatic N) is 1. The molecule has 0 spiro atoms. The highest BCUT2D eigenvalue weighted by Gasteiger charge is 2.29. The number of carbonyl (C=O) groups excluding carboxylic acids is 1. The van der Waals surface area contributed by atoms with Gasteiger partial charge in [0.15, 0.2) is 0 Å². The minimum Gasteiger partial charge on any atom is -0.396 e. The van der Waals surface area contributed by atoms with Gasteiger partial charge in [-0.2, -0.15) is 0 Å². The third-order valence-electron chi connectivity index (χ3n) is 4.02. The molecule has 0 bridgehead atoms. The SMILES string of the molecule is O=C(CC1CCNC1)N1CCCC1CCCO. The summed E-state index contributed by atoms with van der Waals surface area (Å²) in [4.78, 5) is 14.3. The van der Waals surface area contributed by atoms with Crippen molar-refractivity contribution in [3.8, 4) is 0 Å². The molecule has 98 valence electrons. The standard InChI is InChI=1S/C13H24N2O2/c16-8-2-4-12-3-1-7-15(12)13(17)9-11-5-6-14-10-11/h11-12,14,16H,1-10H2. The average molecular weight is 240 g/mol. The molecule has 2 rings (SSSR count). The Balaban J connectivity index is 1.80. The van der Waals surface area contributed by atoms with Crippen LogP contribution in [-0.4, -0.2) is 48.2 Å². The summed E-state index contributed by atoms with van der Waals surface area (Å²) >= 11 is 0. The van der Waals surface area contributed by atoms with Crippen molar-refractivity contribution >= 4 is 5.91 Å². The summed E-state index contributed by atoms with van der Waals surface area (Å²) in [6.07, 6.45) is 5.88. The number of nitrogens with one attached hydrogen (secondary N) is 1. The quantitative estimate of drug-likeness (QED) is 0.745. The lowest BCUT2D eigenvalue weighted by Gasteiger charge is -2.25. The zero-order valence-corrected chi connectivity index (χ0v) is 10.5. The molecule has 2 aliphatic heterocycles. The molecule has 0 saturated carbocycles.